The maximum atomic E-state index is 13.9. The van der Waals surface area contributed by atoms with Crippen LogP contribution in [0.4, 0.5) is 0 Å². The van der Waals surface area contributed by atoms with Gasteiger partial charge in [0.15, 0.2) is 5.88 Å². The van der Waals surface area contributed by atoms with Crippen LogP contribution in [0, 0.1) is 30.6 Å². The number of nitrogens with zero attached hydrogens (tertiary/aromatic N) is 3. The smallest absolute Gasteiger partial charge is 0.286 e. The molecule has 1 aromatic heterocycles. The summed E-state index contributed by atoms with van der Waals surface area (Å²) in [7, 11) is 0. The first-order chi connectivity index (χ1) is 21.3. The number of fused-ring (bicyclic) bond motifs is 3. The highest BCUT2D eigenvalue weighted by Crippen LogP contribution is 2.42. The Morgan fingerprint density at radius 1 is 1.16 bits per heavy atom. The van der Waals surface area contributed by atoms with Gasteiger partial charge in [-0.05, 0) is 61.6 Å². The molecule has 4 heterocycles. The maximum absolute atomic E-state index is 13.9. The number of Topliss-reactive ketones (excluding diaryl/α,β-unsaturated/α-hetero) is 1. The van der Waals surface area contributed by atoms with Crippen LogP contribution in [0.5, 0.6) is 0 Å². The molecule has 44 heavy (non-hydrogen) atoms. The van der Waals surface area contributed by atoms with Crippen LogP contribution in [0.2, 0.25) is 0 Å². The van der Waals surface area contributed by atoms with E-state index in [9.17, 15) is 14.4 Å². The van der Waals surface area contributed by atoms with Gasteiger partial charge in [0.1, 0.15) is 12.6 Å². The fourth-order valence-corrected chi connectivity index (χ4v) is 7.23. The highest BCUT2D eigenvalue weighted by atomic mass is 16.5. The van der Waals surface area contributed by atoms with E-state index in [-0.39, 0.29) is 47.6 Å². The van der Waals surface area contributed by atoms with Crippen LogP contribution in [-0.2, 0) is 27.4 Å². The fourth-order valence-electron chi connectivity index (χ4n) is 7.23. The number of amides is 2. The van der Waals surface area contributed by atoms with Crippen molar-refractivity contribution in [3.05, 3.63) is 95.0 Å². The first-order valence-electron chi connectivity index (χ1n) is 15.4. The van der Waals surface area contributed by atoms with Crippen molar-refractivity contribution in [2.75, 3.05) is 6.54 Å². The number of aromatic nitrogens is 2. The van der Waals surface area contributed by atoms with E-state index >= 15 is 0 Å². The largest absolute Gasteiger partial charge is 0.475 e. The lowest BCUT2D eigenvalue weighted by atomic mass is 9.72. The predicted octanol–water partition coefficient (Wildman–Crippen LogP) is 3.81. The fraction of sp³-hybridized carbons (Fsp3) is 0.441. The lowest BCUT2D eigenvalue weighted by Gasteiger charge is -2.46. The normalized spacial score (nSPS) is 25.6. The average Bonchev–Trinajstić information content (AvgIpc) is 3.64. The minimum absolute atomic E-state index is 0.0228. The number of ether oxygens (including phenoxy) is 1. The summed E-state index contributed by atoms with van der Waals surface area (Å²) in [6.45, 7) is 7.12. The summed E-state index contributed by atoms with van der Waals surface area (Å²) in [5, 5.41) is 14.2. The van der Waals surface area contributed by atoms with Crippen molar-refractivity contribution in [2.24, 2.45) is 23.7 Å². The van der Waals surface area contributed by atoms with Crippen LogP contribution in [0.25, 0.3) is 0 Å². The molecule has 7 atom stereocenters. The van der Waals surface area contributed by atoms with Crippen molar-refractivity contribution >= 4 is 18.1 Å². The minimum Gasteiger partial charge on any atom is -0.475 e. The summed E-state index contributed by atoms with van der Waals surface area (Å²) < 4.78 is 11.8. The summed E-state index contributed by atoms with van der Waals surface area (Å²) >= 11 is 0. The van der Waals surface area contributed by atoms with Gasteiger partial charge in [-0.25, -0.2) is 0 Å². The number of benzene rings is 2. The zero-order valence-electron chi connectivity index (χ0n) is 25.3. The molecule has 6 rings (SSSR count). The van der Waals surface area contributed by atoms with Crippen molar-refractivity contribution in [1.82, 2.24) is 25.7 Å². The highest BCUT2D eigenvalue weighted by Gasteiger charge is 2.49. The molecular weight excluding hydrogens is 558 g/mol. The van der Waals surface area contributed by atoms with E-state index in [2.05, 4.69) is 26.9 Å². The molecule has 2 saturated heterocycles. The van der Waals surface area contributed by atoms with Gasteiger partial charge in [0, 0.05) is 18.5 Å². The van der Waals surface area contributed by atoms with Crippen molar-refractivity contribution in [1.29, 1.82) is 0 Å². The van der Waals surface area contributed by atoms with Gasteiger partial charge in [-0.1, -0.05) is 67.1 Å². The topological polar surface area (TPSA) is 127 Å². The Kier molecular flexibility index (Phi) is 8.50. The van der Waals surface area contributed by atoms with E-state index in [1.54, 1.807) is 0 Å². The molecule has 2 bridgehead atoms. The number of nitrogens with one attached hydrogen (secondary N) is 2. The van der Waals surface area contributed by atoms with Gasteiger partial charge in [0.2, 0.25) is 24.0 Å². The van der Waals surface area contributed by atoms with Crippen LogP contribution in [0.3, 0.4) is 0 Å². The quantitative estimate of drug-likeness (QED) is 0.253. The van der Waals surface area contributed by atoms with Gasteiger partial charge in [-0.3, -0.25) is 14.4 Å². The molecule has 2 amide bonds. The van der Waals surface area contributed by atoms with Gasteiger partial charge < -0.3 is 24.7 Å². The molecule has 3 aliphatic rings. The lowest BCUT2D eigenvalue weighted by Crippen LogP contribution is -2.57. The molecule has 2 fully saturated rings. The molecule has 0 spiro atoms. The number of piperidine rings is 1. The number of carbonyl (C=O) groups is 3. The zero-order chi connectivity index (χ0) is 30.8. The molecule has 3 aromatic rings. The van der Waals surface area contributed by atoms with Crippen LogP contribution >= 0.6 is 0 Å². The van der Waals surface area contributed by atoms with Gasteiger partial charge in [0.25, 0.3) is 5.89 Å². The number of hydrogen-bond donors (Lipinski definition) is 2. The maximum Gasteiger partial charge on any atom is 0.286 e. The molecule has 3 aliphatic heterocycles. The van der Waals surface area contributed by atoms with Gasteiger partial charge in [0.05, 0.1) is 12.5 Å². The lowest BCUT2D eigenvalue weighted by molar-refractivity contribution is -0.139. The van der Waals surface area contributed by atoms with E-state index in [0.717, 1.165) is 29.5 Å². The summed E-state index contributed by atoms with van der Waals surface area (Å²) in [5.41, 5.74) is 3.19. The minimum atomic E-state index is -0.862. The third-order valence-corrected chi connectivity index (χ3v) is 9.50. The first kappa shape index (κ1) is 29.6. The molecular formula is C34H39N5O5. The van der Waals surface area contributed by atoms with Crippen molar-refractivity contribution in [3.8, 4) is 0 Å². The van der Waals surface area contributed by atoms with Gasteiger partial charge >= 0.3 is 0 Å². The molecule has 6 unspecified atom stereocenters. The third-order valence-electron chi connectivity index (χ3n) is 9.50. The van der Waals surface area contributed by atoms with Crippen molar-refractivity contribution in [2.45, 2.75) is 64.8 Å². The van der Waals surface area contributed by atoms with Crippen molar-refractivity contribution in [3.63, 3.8) is 0 Å². The van der Waals surface area contributed by atoms with E-state index in [4.69, 9.17) is 9.15 Å². The van der Waals surface area contributed by atoms with Crippen molar-refractivity contribution < 1.29 is 23.5 Å². The molecule has 2 aromatic carbocycles. The van der Waals surface area contributed by atoms with Crippen LogP contribution < -0.4 is 10.6 Å². The Balaban J connectivity index is 1.15. The summed E-state index contributed by atoms with van der Waals surface area (Å²) in [6.07, 6.45) is 4.67. The molecule has 0 saturated carbocycles. The van der Waals surface area contributed by atoms with Gasteiger partial charge in [-0.2, -0.15) is 0 Å². The Labute approximate surface area is 257 Å². The van der Waals surface area contributed by atoms with Gasteiger partial charge in [-0.15, -0.1) is 10.2 Å². The highest BCUT2D eigenvalue weighted by molar-refractivity contribution is 5.97. The number of ketones is 1. The number of rotatable bonds is 11. The number of hydrogen-bond acceptors (Lipinski definition) is 8. The SMILES string of the molecule is Cc1cccc(Cc2nnc(C(=O)C(NC=O)C(C)C3CC4CC5C=C(OCc6ccccc6)NC5C(=O)N(C4)[C@@H]3C)o2)c1. The van der Waals surface area contributed by atoms with E-state index in [1.165, 1.54) is 0 Å². The Hall–Kier alpha value is -4.47. The molecule has 0 radical (unpaired) electrons. The summed E-state index contributed by atoms with van der Waals surface area (Å²) in [6, 6.07) is 16.5. The average molecular weight is 598 g/mol. The van der Waals surface area contributed by atoms with E-state index in [0.29, 0.717) is 37.8 Å². The van der Waals surface area contributed by atoms with E-state index < -0.39 is 11.8 Å². The second-order valence-electron chi connectivity index (χ2n) is 12.5. The monoisotopic (exact) mass is 597 g/mol. The van der Waals surface area contributed by atoms with Crippen LogP contribution in [0.1, 0.15) is 60.0 Å². The Morgan fingerprint density at radius 2 is 1.95 bits per heavy atom. The molecule has 230 valence electrons. The molecule has 2 N–H and O–H groups in total. The first-order valence-corrected chi connectivity index (χ1v) is 15.4. The Morgan fingerprint density at radius 3 is 2.73 bits per heavy atom. The standard InChI is InChI=1S/C34H39N5O5/c1-20-8-7-11-24(12-20)15-29-37-38-33(44-29)32(41)30(35-19-40)21(2)27-14-25-13-26-16-28(43-18-23-9-5-4-6-10-23)36-31(26)34(42)39(17-25)22(27)3/h4-12,16,19,21-22,25-27,30-31,36H,13-15,17-18H2,1-3H3,(H,35,40)/t21?,22-,25?,26?,27?,30?,31?/m1/s1. The summed E-state index contributed by atoms with van der Waals surface area (Å²) in [5.74, 6) is 0.465. The molecule has 10 heteroatoms. The molecule has 10 nitrogen and oxygen atoms in total. The third kappa shape index (κ3) is 6.11. The van der Waals surface area contributed by atoms with Crippen LogP contribution in [0.15, 0.2) is 71.0 Å². The second-order valence-corrected chi connectivity index (χ2v) is 12.5. The number of aryl methyl sites for hydroxylation is 1. The Bertz CT molecular complexity index is 1540. The summed E-state index contributed by atoms with van der Waals surface area (Å²) in [4.78, 5) is 41.2. The zero-order valence-corrected chi connectivity index (χ0v) is 25.3. The molecule has 0 aliphatic carbocycles. The van der Waals surface area contributed by atoms with Crippen LogP contribution in [-0.4, -0.2) is 57.9 Å². The number of carbonyl (C=O) groups excluding carboxylic acids is 3. The second kappa shape index (κ2) is 12.6. The predicted molar refractivity (Wildman–Crippen MR) is 162 cm³/mol. The van der Waals surface area contributed by atoms with E-state index in [1.807, 2.05) is 80.3 Å².